The van der Waals surface area contributed by atoms with Gasteiger partial charge in [-0.3, -0.25) is 24.6 Å². The predicted octanol–water partition coefficient (Wildman–Crippen LogP) is 0.922. The van der Waals surface area contributed by atoms with Gasteiger partial charge in [-0.25, -0.2) is 0 Å². The van der Waals surface area contributed by atoms with Gasteiger partial charge < -0.3 is 10.1 Å². The first-order valence-electron chi connectivity index (χ1n) is 8.40. The molecule has 1 saturated heterocycles. The monoisotopic (exact) mass is 336 g/mol. The molecule has 1 unspecified atom stereocenters. The third kappa shape index (κ3) is 5.07. The number of nitrogens with one attached hydrogen (secondary N) is 2. The van der Waals surface area contributed by atoms with Crippen LogP contribution in [0, 0.1) is 13.8 Å². The van der Waals surface area contributed by atoms with E-state index in [0.29, 0.717) is 13.2 Å². The predicted molar refractivity (Wildman–Crippen MR) is 92.3 cm³/mol. The molecule has 1 fully saturated rings. The number of amides is 2. The Labute approximate surface area is 143 Å². The summed E-state index contributed by atoms with van der Waals surface area (Å²) in [5.74, 6) is -0.0826. The Morgan fingerprint density at radius 3 is 2.71 bits per heavy atom. The average Bonchev–Trinajstić information content (AvgIpc) is 2.74. The summed E-state index contributed by atoms with van der Waals surface area (Å²) in [5.41, 5.74) is 6.13. The van der Waals surface area contributed by atoms with Crippen molar-refractivity contribution in [1.29, 1.82) is 0 Å². The van der Waals surface area contributed by atoms with Crippen molar-refractivity contribution >= 4 is 11.8 Å². The van der Waals surface area contributed by atoms with Gasteiger partial charge >= 0.3 is 0 Å². The van der Waals surface area contributed by atoms with Crippen LogP contribution in [0.5, 0.6) is 0 Å². The molecule has 0 bridgehead atoms. The summed E-state index contributed by atoms with van der Waals surface area (Å²) in [6.45, 7) is 11.0. The van der Waals surface area contributed by atoms with Gasteiger partial charge in [-0.1, -0.05) is 0 Å². The van der Waals surface area contributed by atoms with E-state index in [1.807, 2.05) is 18.5 Å². The summed E-state index contributed by atoms with van der Waals surface area (Å²) in [6.07, 6.45) is 0.963. The lowest BCUT2D eigenvalue weighted by molar-refractivity contribution is -0.119. The molecule has 0 aromatic carbocycles. The highest BCUT2D eigenvalue weighted by molar-refractivity contribution is 5.81. The van der Waals surface area contributed by atoms with Crippen molar-refractivity contribution in [2.45, 2.75) is 46.8 Å². The van der Waals surface area contributed by atoms with Crippen LogP contribution >= 0.6 is 0 Å². The highest BCUT2D eigenvalue weighted by Crippen LogP contribution is 2.18. The number of aromatic nitrogens is 1. The van der Waals surface area contributed by atoms with E-state index in [4.69, 9.17) is 4.74 Å². The lowest BCUT2D eigenvalue weighted by Crippen LogP contribution is -2.43. The smallest absolute Gasteiger partial charge is 0.235 e. The minimum absolute atomic E-state index is 0.00641. The van der Waals surface area contributed by atoms with E-state index < -0.39 is 0 Å². The Morgan fingerprint density at radius 1 is 1.29 bits per heavy atom. The van der Waals surface area contributed by atoms with Gasteiger partial charge in [0.15, 0.2) is 0 Å². The van der Waals surface area contributed by atoms with E-state index in [-0.39, 0.29) is 17.9 Å². The van der Waals surface area contributed by atoms with Crippen LogP contribution in [-0.2, 0) is 20.9 Å². The Balaban J connectivity index is 1.93. The van der Waals surface area contributed by atoms with Crippen molar-refractivity contribution in [2.24, 2.45) is 0 Å². The third-order valence-corrected chi connectivity index (χ3v) is 4.26. The first kappa shape index (κ1) is 18.5. The van der Waals surface area contributed by atoms with Crippen molar-refractivity contribution in [3.63, 3.8) is 0 Å². The van der Waals surface area contributed by atoms with Gasteiger partial charge in [0, 0.05) is 51.4 Å². The van der Waals surface area contributed by atoms with Gasteiger partial charge in [-0.15, -0.1) is 0 Å². The molecule has 2 rings (SSSR count). The first-order chi connectivity index (χ1) is 11.4. The number of carbonyl (C=O) groups is 2. The molecule has 1 aliphatic rings. The van der Waals surface area contributed by atoms with Crippen LogP contribution < -0.4 is 10.7 Å². The van der Waals surface area contributed by atoms with Gasteiger partial charge in [0.2, 0.25) is 11.8 Å². The van der Waals surface area contributed by atoms with Crippen LogP contribution in [0.3, 0.4) is 0 Å². The van der Waals surface area contributed by atoms with Gasteiger partial charge in [-0.05, 0) is 31.9 Å². The molecule has 0 saturated carbocycles. The fourth-order valence-corrected chi connectivity index (χ4v) is 3.07. The van der Waals surface area contributed by atoms with Crippen molar-refractivity contribution in [3.8, 4) is 0 Å². The molecule has 0 radical (unpaired) electrons. The first-order valence-corrected chi connectivity index (χ1v) is 8.40. The van der Waals surface area contributed by atoms with E-state index in [0.717, 1.165) is 37.4 Å². The zero-order valence-corrected chi connectivity index (χ0v) is 15.0. The topological polar surface area (TPSA) is 75.6 Å². The molecule has 1 atom stereocenters. The van der Waals surface area contributed by atoms with Crippen molar-refractivity contribution < 1.29 is 14.3 Å². The van der Waals surface area contributed by atoms with Gasteiger partial charge in [0.05, 0.1) is 12.7 Å². The fraction of sp³-hybridized carbons (Fsp3) is 0.647. The highest BCUT2D eigenvalue weighted by atomic mass is 16.5. The van der Waals surface area contributed by atoms with Crippen molar-refractivity contribution in [1.82, 2.24) is 14.9 Å². The molecule has 7 nitrogen and oxygen atoms in total. The normalized spacial score (nSPS) is 18.4. The molecular weight excluding hydrogens is 308 g/mol. The molecule has 134 valence electrons. The molecule has 7 heteroatoms. The molecule has 1 aromatic heterocycles. The third-order valence-electron chi connectivity index (χ3n) is 4.26. The molecule has 0 aliphatic carbocycles. The number of rotatable bonds is 6. The average molecular weight is 336 g/mol. The molecular formula is C17H28N4O3. The summed E-state index contributed by atoms with van der Waals surface area (Å²) in [7, 11) is 0. The Morgan fingerprint density at radius 2 is 2.04 bits per heavy atom. The summed E-state index contributed by atoms with van der Waals surface area (Å²) in [6, 6.07) is 2.12. The van der Waals surface area contributed by atoms with Gasteiger partial charge in [0.1, 0.15) is 0 Å². The second-order valence-electron chi connectivity index (χ2n) is 6.40. The zero-order chi connectivity index (χ0) is 17.7. The minimum atomic E-state index is -0.0762. The zero-order valence-electron chi connectivity index (χ0n) is 15.0. The van der Waals surface area contributed by atoms with E-state index >= 15 is 0 Å². The number of aryl methyl sites for hydroxylation is 1. The lowest BCUT2D eigenvalue weighted by atomic mass is 10.1. The lowest BCUT2D eigenvalue weighted by Gasteiger charge is -2.33. The van der Waals surface area contributed by atoms with E-state index in [9.17, 15) is 9.59 Å². The Kier molecular flexibility index (Phi) is 6.39. The standard InChI is InChI=1S/C17H28N4O3/c1-12-9-16(13(2)21(12)19-15(4)23)10-20-7-8-24-17(11-20)5-6-18-14(3)22/h9,17H,5-8,10-11H2,1-4H3,(H,18,22)(H,19,23). The summed E-state index contributed by atoms with van der Waals surface area (Å²) < 4.78 is 7.62. The van der Waals surface area contributed by atoms with E-state index in [1.165, 1.54) is 19.4 Å². The number of hydrogen-bond acceptors (Lipinski definition) is 4. The Hall–Kier alpha value is -1.86. The van der Waals surface area contributed by atoms with Gasteiger partial charge in [-0.2, -0.15) is 0 Å². The second kappa shape index (κ2) is 8.30. The molecule has 1 aliphatic heterocycles. The second-order valence-corrected chi connectivity index (χ2v) is 6.40. The number of ether oxygens (including phenoxy) is 1. The SMILES string of the molecule is CC(=O)NCCC1CN(Cc2cc(C)n(NC(C)=O)c2C)CCO1. The quantitative estimate of drug-likeness (QED) is 0.810. The van der Waals surface area contributed by atoms with Gasteiger partial charge in [0.25, 0.3) is 0 Å². The number of hydrogen-bond donors (Lipinski definition) is 2. The maximum Gasteiger partial charge on any atom is 0.235 e. The van der Waals surface area contributed by atoms with Crippen LogP contribution in [0.15, 0.2) is 6.07 Å². The van der Waals surface area contributed by atoms with Crippen LogP contribution in [0.2, 0.25) is 0 Å². The van der Waals surface area contributed by atoms with Crippen molar-refractivity contribution in [2.75, 3.05) is 31.7 Å². The van der Waals surface area contributed by atoms with Crippen molar-refractivity contribution in [3.05, 3.63) is 23.0 Å². The molecule has 24 heavy (non-hydrogen) atoms. The molecule has 0 spiro atoms. The van der Waals surface area contributed by atoms with Crippen LogP contribution in [-0.4, -0.2) is 53.7 Å². The number of nitrogens with zero attached hydrogens (tertiary/aromatic N) is 2. The molecule has 2 amide bonds. The molecule has 2 heterocycles. The van der Waals surface area contributed by atoms with E-state index in [1.54, 1.807) is 0 Å². The summed E-state index contributed by atoms with van der Waals surface area (Å²) >= 11 is 0. The maximum absolute atomic E-state index is 11.3. The van der Waals surface area contributed by atoms with E-state index in [2.05, 4.69) is 21.7 Å². The van der Waals surface area contributed by atoms with Crippen LogP contribution in [0.4, 0.5) is 0 Å². The fourth-order valence-electron chi connectivity index (χ4n) is 3.07. The largest absolute Gasteiger partial charge is 0.375 e. The van der Waals surface area contributed by atoms with Crippen LogP contribution in [0.1, 0.15) is 37.2 Å². The molecule has 1 aromatic rings. The summed E-state index contributed by atoms with van der Waals surface area (Å²) in [5, 5.41) is 2.81. The minimum Gasteiger partial charge on any atom is -0.375 e. The highest BCUT2D eigenvalue weighted by Gasteiger charge is 2.22. The molecule has 2 N–H and O–H groups in total. The number of morpholine rings is 1. The summed E-state index contributed by atoms with van der Waals surface area (Å²) in [4.78, 5) is 24.6. The van der Waals surface area contributed by atoms with Crippen LogP contribution in [0.25, 0.3) is 0 Å². The maximum atomic E-state index is 11.3. The number of carbonyl (C=O) groups excluding carboxylic acids is 2. The Bertz CT molecular complexity index is 597.